The molecule has 0 unspecified atom stereocenters. The van der Waals surface area contributed by atoms with E-state index >= 15 is 0 Å². The fourth-order valence-corrected chi connectivity index (χ4v) is 4.52. The first kappa shape index (κ1) is 10.4. The molecule has 3 saturated carbocycles. The van der Waals surface area contributed by atoms with Crippen molar-refractivity contribution in [3.05, 3.63) is 0 Å². The summed E-state index contributed by atoms with van der Waals surface area (Å²) < 4.78 is 0. The predicted octanol–water partition coefficient (Wildman–Crippen LogP) is 2.08. The molecule has 0 saturated heterocycles. The molecule has 16 heavy (non-hydrogen) atoms. The van der Waals surface area contributed by atoms with Crippen LogP contribution in [0.2, 0.25) is 0 Å². The van der Waals surface area contributed by atoms with Crippen LogP contribution in [0, 0.1) is 23.7 Å². The molecule has 90 valence electrons. The van der Waals surface area contributed by atoms with Gasteiger partial charge in [-0.05, 0) is 49.4 Å². The number of nitrogens with one attached hydrogen (secondary N) is 1. The van der Waals surface area contributed by atoms with Gasteiger partial charge in [-0.25, -0.2) is 4.79 Å². The zero-order valence-electron chi connectivity index (χ0n) is 10.3. The molecule has 3 heteroatoms. The molecule has 0 aromatic rings. The molecule has 3 aliphatic carbocycles. The topological polar surface area (TPSA) is 32.3 Å². The Morgan fingerprint density at radius 3 is 2.62 bits per heavy atom. The summed E-state index contributed by atoms with van der Waals surface area (Å²) in [6.07, 6.45) is 6.93. The fourth-order valence-electron chi connectivity index (χ4n) is 4.52. The maximum atomic E-state index is 11.7. The normalized spacial score (nSPS) is 44.5. The van der Waals surface area contributed by atoms with E-state index in [9.17, 15) is 4.79 Å². The highest BCUT2D eigenvalue weighted by molar-refractivity contribution is 5.73. The highest BCUT2D eigenvalue weighted by Crippen LogP contribution is 2.58. The number of carbonyl (C=O) groups excluding carboxylic acids is 1. The van der Waals surface area contributed by atoms with Gasteiger partial charge in [0.1, 0.15) is 0 Å². The van der Waals surface area contributed by atoms with Crippen LogP contribution in [0.4, 0.5) is 4.79 Å². The number of hydrogen-bond donors (Lipinski definition) is 1. The van der Waals surface area contributed by atoms with Gasteiger partial charge in [0.05, 0.1) is 0 Å². The Hall–Kier alpha value is -0.730. The van der Waals surface area contributed by atoms with Crippen molar-refractivity contribution in [1.82, 2.24) is 10.2 Å². The summed E-state index contributed by atoms with van der Waals surface area (Å²) in [5.41, 5.74) is 0. The maximum Gasteiger partial charge on any atom is 0.317 e. The minimum absolute atomic E-state index is 0.0899. The van der Waals surface area contributed by atoms with Crippen LogP contribution in [0.1, 0.15) is 32.1 Å². The number of amides is 2. The van der Waals surface area contributed by atoms with Gasteiger partial charge in [-0.3, -0.25) is 0 Å². The van der Waals surface area contributed by atoms with E-state index in [4.69, 9.17) is 0 Å². The Morgan fingerprint density at radius 2 is 1.88 bits per heavy atom. The van der Waals surface area contributed by atoms with Crippen molar-refractivity contribution in [3.8, 4) is 0 Å². The van der Waals surface area contributed by atoms with Crippen molar-refractivity contribution in [2.75, 3.05) is 14.1 Å². The first-order valence-corrected chi connectivity index (χ1v) is 6.64. The Balaban J connectivity index is 1.66. The molecule has 3 rings (SSSR count). The molecule has 1 N–H and O–H groups in total. The second-order valence-electron chi connectivity index (χ2n) is 6.10. The number of carbonyl (C=O) groups is 1. The summed E-state index contributed by atoms with van der Waals surface area (Å²) >= 11 is 0. The smallest absolute Gasteiger partial charge is 0.317 e. The van der Waals surface area contributed by atoms with Crippen LogP contribution in [0.5, 0.6) is 0 Å². The van der Waals surface area contributed by atoms with Crippen molar-refractivity contribution in [2.45, 2.75) is 38.1 Å². The van der Waals surface area contributed by atoms with Gasteiger partial charge in [-0.1, -0.05) is 6.42 Å². The lowest BCUT2D eigenvalue weighted by Gasteiger charge is -2.32. The van der Waals surface area contributed by atoms with Gasteiger partial charge in [0.15, 0.2) is 0 Å². The van der Waals surface area contributed by atoms with Gasteiger partial charge in [0.2, 0.25) is 0 Å². The molecule has 0 aliphatic heterocycles. The molecule has 2 bridgehead atoms. The number of hydrogen-bond acceptors (Lipinski definition) is 1. The monoisotopic (exact) mass is 222 g/mol. The summed E-state index contributed by atoms with van der Waals surface area (Å²) in [7, 11) is 3.64. The van der Waals surface area contributed by atoms with E-state index in [1.54, 1.807) is 4.90 Å². The maximum absolute atomic E-state index is 11.7. The van der Waals surface area contributed by atoms with Gasteiger partial charge in [0, 0.05) is 20.1 Å². The Kier molecular flexibility index (Phi) is 2.37. The van der Waals surface area contributed by atoms with E-state index in [0.717, 1.165) is 23.7 Å². The third kappa shape index (κ3) is 1.44. The molecule has 0 aromatic heterocycles. The van der Waals surface area contributed by atoms with Gasteiger partial charge < -0.3 is 10.2 Å². The van der Waals surface area contributed by atoms with Crippen molar-refractivity contribution in [3.63, 3.8) is 0 Å². The largest absolute Gasteiger partial charge is 0.335 e. The number of fused-ring (bicyclic) bond motifs is 5. The van der Waals surface area contributed by atoms with Gasteiger partial charge >= 0.3 is 6.03 Å². The van der Waals surface area contributed by atoms with Crippen molar-refractivity contribution in [2.24, 2.45) is 23.7 Å². The summed E-state index contributed by atoms with van der Waals surface area (Å²) in [5, 5.41) is 3.21. The molecular formula is C13H22N2O. The van der Waals surface area contributed by atoms with E-state index in [-0.39, 0.29) is 6.03 Å². The minimum Gasteiger partial charge on any atom is -0.335 e. The average molecular weight is 222 g/mol. The Morgan fingerprint density at radius 1 is 1.12 bits per heavy atom. The molecule has 0 heterocycles. The van der Waals surface area contributed by atoms with Crippen LogP contribution in [-0.2, 0) is 0 Å². The predicted molar refractivity (Wildman–Crippen MR) is 63.1 cm³/mol. The zero-order chi connectivity index (χ0) is 11.3. The molecule has 3 fully saturated rings. The second-order valence-corrected chi connectivity index (χ2v) is 6.10. The highest BCUT2D eigenvalue weighted by atomic mass is 16.2. The number of urea groups is 1. The zero-order valence-corrected chi connectivity index (χ0v) is 10.3. The minimum atomic E-state index is 0.0899. The Bertz CT molecular complexity index is 302. The van der Waals surface area contributed by atoms with E-state index in [1.807, 2.05) is 14.1 Å². The lowest BCUT2D eigenvalue weighted by atomic mass is 9.79. The summed E-state index contributed by atoms with van der Waals surface area (Å²) in [5.74, 6) is 3.66. The van der Waals surface area contributed by atoms with E-state index in [2.05, 4.69) is 5.32 Å². The first-order chi connectivity index (χ1) is 7.66. The molecule has 0 radical (unpaired) electrons. The van der Waals surface area contributed by atoms with E-state index in [0.29, 0.717) is 6.04 Å². The molecular weight excluding hydrogens is 200 g/mol. The van der Waals surface area contributed by atoms with Crippen molar-refractivity contribution in [1.29, 1.82) is 0 Å². The third-order valence-electron chi connectivity index (χ3n) is 5.14. The molecule has 3 aliphatic rings. The quantitative estimate of drug-likeness (QED) is 0.724. The summed E-state index contributed by atoms with van der Waals surface area (Å²) in [6, 6.07) is 0.561. The SMILES string of the molecule is CN(C)C(=O)N[C@H]1C[C@H]2C[C@@H]1[C@H]1CCC[C@@H]21. The van der Waals surface area contributed by atoms with Crippen molar-refractivity contribution < 1.29 is 4.79 Å². The number of rotatable bonds is 1. The average Bonchev–Trinajstić information content (AvgIpc) is 2.87. The van der Waals surface area contributed by atoms with Crippen LogP contribution in [0.15, 0.2) is 0 Å². The highest BCUT2D eigenvalue weighted by Gasteiger charge is 2.54. The lowest BCUT2D eigenvalue weighted by molar-refractivity contribution is 0.184. The van der Waals surface area contributed by atoms with Crippen LogP contribution >= 0.6 is 0 Å². The van der Waals surface area contributed by atoms with Crippen LogP contribution in [0.25, 0.3) is 0 Å². The van der Waals surface area contributed by atoms with Gasteiger partial charge in [-0.2, -0.15) is 0 Å². The van der Waals surface area contributed by atoms with Crippen molar-refractivity contribution >= 4 is 6.03 Å². The van der Waals surface area contributed by atoms with Crippen LogP contribution in [0.3, 0.4) is 0 Å². The van der Waals surface area contributed by atoms with Crippen LogP contribution < -0.4 is 5.32 Å². The lowest BCUT2D eigenvalue weighted by Crippen LogP contribution is -2.46. The fraction of sp³-hybridized carbons (Fsp3) is 0.923. The van der Waals surface area contributed by atoms with E-state index in [1.165, 1.54) is 32.1 Å². The standard InChI is InChI=1S/C13H22N2O/c1-15(2)13(16)14-12-7-8-6-11(12)10-5-3-4-9(8)10/h8-12H,3-7H2,1-2H3,(H,14,16)/t8-,9+,10+,11-,12+/m1/s1. The molecule has 0 aromatic carbocycles. The molecule has 3 nitrogen and oxygen atoms in total. The first-order valence-electron chi connectivity index (χ1n) is 6.64. The van der Waals surface area contributed by atoms with Gasteiger partial charge in [-0.15, -0.1) is 0 Å². The van der Waals surface area contributed by atoms with Gasteiger partial charge in [0.25, 0.3) is 0 Å². The summed E-state index contributed by atoms with van der Waals surface area (Å²) in [6.45, 7) is 0. The Labute approximate surface area is 97.6 Å². The summed E-state index contributed by atoms with van der Waals surface area (Å²) in [4.78, 5) is 13.3. The van der Waals surface area contributed by atoms with E-state index < -0.39 is 0 Å². The molecule has 5 atom stereocenters. The molecule has 0 spiro atoms. The van der Waals surface area contributed by atoms with Crippen LogP contribution in [-0.4, -0.2) is 31.1 Å². The number of nitrogens with zero attached hydrogens (tertiary/aromatic N) is 1. The third-order valence-corrected chi connectivity index (χ3v) is 5.14. The second kappa shape index (κ2) is 3.64. The molecule has 2 amide bonds.